The van der Waals surface area contributed by atoms with Crippen LogP contribution >= 0.6 is 35.0 Å². The average molecular weight is 450 g/mol. The number of H-pyrrole nitrogens is 1. The number of aliphatic carboxylic acids is 1. The number of nitrogens with zero attached hydrogens (tertiary/aromatic N) is 2. The van der Waals surface area contributed by atoms with E-state index in [0.29, 0.717) is 27.2 Å². The van der Waals surface area contributed by atoms with Gasteiger partial charge in [-0.25, -0.2) is 9.78 Å². The fourth-order valence-electron chi connectivity index (χ4n) is 2.40. The predicted molar refractivity (Wildman–Crippen MR) is 116 cm³/mol. The third kappa shape index (κ3) is 5.76. The molecular weight excluding hydrogens is 433 g/mol. The number of hydrogen-bond acceptors (Lipinski definition) is 5. The first kappa shape index (κ1) is 21.2. The van der Waals surface area contributed by atoms with Gasteiger partial charge in [0.05, 0.1) is 6.10 Å². The molecule has 1 heterocycles. The van der Waals surface area contributed by atoms with Crippen molar-refractivity contribution in [2.45, 2.75) is 25.1 Å². The highest BCUT2D eigenvalue weighted by Crippen LogP contribution is 2.32. The summed E-state index contributed by atoms with van der Waals surface area (Å²) >= 11 is 12.9. The first-order valence-corrected chi connectivity index (χ1v) is 10.2. The third-order valence-corrected chi connectivity index (χ3v) is 4.98. The molecule has 0 bridgehead atoms. The zero-order chi connectivity index (χ0) is 21.0. The Bertz CT molecular complexity index is 1050. The molecule has 6 nitrogen and oxygen atoms in total. The van der Waals surface area contributed by atoms with Crippen molar-refractivity contribution in [2.24, 2.45) is 0 Å². The predicted octanol–water partition coefficient (Wildman–Crippen LogP) is 5.78. The number of aromatic nitrogens is 3. The lowest BCUT2D eigenvalue weighted by molar-refractivity contribution is -0.131. The van der Waals surface area contributed by atoms with Gasteiger partial charge in [-0.15, -0.1) is 5.10 Å². The zero-order valence-corrected chi connectivity index (χ0v) is 17.8. The fourth-order valence-corrected chi connectivity index (χ4v) is 3.40. The van der Waals surface area contributed by atoms with Crippen LogP contribution in [0.3, 0.4) is 0 Å². The van der Waals surface area contributed by atoms with Crippen molar-refractivity contribution in [2.75, 3.05) is 0 Å². The Morgan fingerprint density at radius 3 is 2.52 bits per heavy atom. The number of benzene rings is 2. The van der Waals surface area contributed by atoms with Crippen molar-refractivity contribution in [1.29, 1.82) is 0 Å². The number of nitrogens with one attached hydrogen (secondary N) is 1. The molecule has 0 radical (unpaired) electrons. The van der Waals surface area contributed by atoms with Gasteiger partial charge in [0.15, 0.2) is 5.82 Å². The van der Waals surface area contributed by atoms with E-state index in [1.54, 1.807) is 42.5 Å². The smallest absolute Gasteiger partial charge is 0.342 e. The van der Waals surface area contributed by atoms with E-state index in [9.17, 15) is 9.90 Å². The average Bonchev–Trinajstić information content (AvgIpc) is 3.12. The summed E-state index contributed by atoms with van der Waals surface area (Å²) in [6.07, 6.45) is 1.42. The van der Waals surface area contributed by atoms with Crippen LogP contribution in [0.2, 0.25) is 10.0 Å². The van der Waals surface area contributed by atoms with Gasteiger partial charge in [-0.3, -0.25) is 5.10 Å². The van der Waals surface area contributed by atoms with Crippen molar-refractivity contribution in [3.63, 3.8) is 0 Å². The van der Waals surface area contributed by atoms with Crippen LogP contribution in [0.4, 0.5) is 0 Å². The molecule has 0 saturated carbocycles. The number of halogens is 2. The van der Waals surface area contributed by atoms with Crippen molar-refractivity contribution < 1.29 is 14.6 Å². The van der Waals surface area contributed by atoms with Gasteiger partial charge in [-0.2, -0.15) is 0 Å². The van der Waals surface area contributed by atoms with Gasteiger partial charge >= 0.3 is 5.97 Å². The van der Waals surface area contributed by atoms with Crippen LogP contribution in [0.5, 0.6) is 5.75 Å². The third-order valence-electron chi connectivity index (χ3n) is 3.62. The van der Waals surface area contributed by atoms with Crippen molar-refractivity contribution >= 4 is 47.0 Å². The van der Waals surface area contributed by atoms with E-state index in [2.05, 4.69) is 15.2 Å². The van der Waals surface area contributed by atoms with E-state index in [1.165, 1.54) is 6.08 Å². The lowest BCUT2D eigenvalue weighted by Crippen LogP contribution is -2.07. The maximum absolute atomic E-state index is 11.8. The second kappa shape index (κ2) is 9.35. The number of aromatic amines is 1. The maximum atomic E-state index is 11.8. The van der Waals surface area contributed by atoms with Gasteiger partial charge in [0.2, 0.25) is 5.16 Å². The summed E-state index contributed by atoms with van der Waals surface area (Å²) in [7, 11) is 0. The summed E-state index contributed by atoms with van der Waals surface area (Å²) in [4.78, 5) is 16.2. The van der Waals surface area contributed by atoms with E-state index in [4.69, 9.17) is 27.9 Å². The Morgan fingerprint density at radius 1 is 1.17 bits per heavy atom. The molecule has 0 unspecified atom stereocenters. The van der Waals surface area contributed by atoms with Crippen LogP contribution in [0, 0.1) is 0 Å². The fraction of sp³-hybridized carbons (Fsp3) is 0.150. The van der Waals surface area contributed by atoms with Crippen LogP contribution in [0.25, 0.3) is 17.5 Å². The van der Waals surface area contributed by atoms with Crippen LogP contribution in [-0.4, -0.2) is 32.4 Å². The second-order valence-corrected chi connectivity index (χ2v) is 8.12. The standard InChI is InChI=1S/C20H17Cl2N3O3S/c1-11(2)28-16-8-7-15(22)9-13(16)10-17(19(26)27)29-20-23-18(24-25-20)12-3-5-14(21)6-4-12/h3-11H,1-2H3,(H,26,27)(H,23,24,25)/b17-10+. The number of thioether (sulfide) groups is 1. The molecular formula is C20H17Cl2N3O3S. The normalized spacial score (nSPS) is 11.7. The first-order chi connectivity index (χ1) is 13.8. The zero-order valence-electron chi connectivity index (χ0n) is 15.5. The number of carbonyl (C=O) groups is 1. The number of hydrogen-bond donors (Lipinski definition) is 2. The van der Waals surface area contributed by atoms with Gasteiger partial charge in [-0.05, 0) is 74.1 Å². The van der Waals surface area contributed by atoms with E-state index in [0.717, 1.165) is 17.3 Å². The van der Waals surface area contributed by atoms with Crippen molar-refractivity contribution in [3.8, 4) is 17.1 Å². The first-order valence-electron chi connectivity index (χ1n) is 8.59. The number of rotatable bonds is 7. The van der Waals surface area contributed by atoms with Gasteiger partial charge in [0, 0.05) is 21.2 Å². The molecule has 0 atom stereocenters. The minimum atomic E-state index is -1.11. The van der Waals surface area contributed by atoms with Crippen LogP contribution in [-0.2, 0) is 4.79 Å². The number of carboxylic acid groups (broad SMARTS) is 1. The Kier molecular flexibility index (Phi) is 6.84. The molecule has 1 aromatic heterocycles. The van der Waals surface area contributed by atoms with E-state index in [-0.39, 0.29) is 16.2 Å². The molecule has 0 fully saturated rings. The topological polar surface area (TPSA) is 88.1 Å². The summed E-state index contributed by atoms with van der Waals surface area (Å²) in [5.41, 5.74) is 1.35. The molecule has 0 aliphatic carbocycles. The van der Waals surface area contributed by atoms with Crippen LogP contribution in [0.15, 0.2) is 52.5 Å². The van der Waals surface area contributed by atoms with E-state index < -0.39 is 5.97 Å². The highest BCUT2D eigenvalue weighted by atomic mass is 35.5. The molecule has 0 aliphatic rings. The summed E-state index contributed by atoms with van der Waals surface area (Å²) in [5, 5.41) is 17.9. The number of carboxylic acids is 1. The van der Waals surface area contributed by atoms with Gasteiger partial charge in [-0.1, -0.05) is 23.2 Å². The van der Waals surface area contributed by atoms with Gasteiger partial charge in [0.1, 0.15) is 10.7 Å². The SMILES string of the molecule is CC(C)Oc1ccc(Cl)cc1/C=C(/Sc1n[nH]c(-c2ccc(Cl)cc2)n1)C(=O)O. The molecule has 0 spiro atoms. The molecule has 9 heteroatoms. The molecule has 0 saturated heterocycles. The quantitative estimate of drug-likeness (QED) is 0.350. The Hall–Kier alpha value is -2.48. The van der Waals surface area contributed by atoms with Gasteiger partial charge < -0.3 is 9.84 Å². The summed E-state index contributed by atoms with van der Waals surface area (Å²) in [5.74, 6) is -0.0515. The van der Waals surface area contributed by atoms with Gasteiger partial charge in [0.25, 0.3) is 0 Å². The molecule has 2 aromatic carbocycles. The summed E-state index contributed by atoms with van der Waals surface area (Å²) in [6.45, 7) is 3.78. The largest absolute Gasteiger partial charge is 0.490 e. The molecule has 150 valence electrons. The second-order valence-electron chi connectivity index (χ2n) is 6.24. The summed E-state index contributed by atoms with van der Waals surface area (Å²) < 4.78 is 5.75. The number of ether oxygens (including phenoxy) is 1. The molecule has 0 amide bonds. The highest BCUT2D eigenvalue weighted by Gasteiger charge is 2.16. The van der Waals surface area contributed by atoms with E-state index >= 15 is 0 Å². The molecule has 0 aliphatic heterocycles. The summed E-state index contributed by atoms with van der Waals surface area (Å²) in [6, 6.07) is 12.1. The van der Waals surface area contributed by atoms with Crippen LogP contribution in [0.1, 0.15) is 19.4 Å². The Morgan fingerprint density at radius 2 is 1.86 bits per heavy atom. The minimum absolute atomic E-state index is 0.0301. The van der Waals surface area contributed by atoms with Crippen molar-refractivity contribution in [1.82, 2.24) is 15.2 Å². The maximum Gasteiger partial charge on any atom is 0.342 e. The van der Waals surface area contributed by atoms with Crippen molar-refractivity contribution in [3.05, 3.63) is 63.0 Å². The Labute approximate surface area is 181 Å². The van der Waals surface area contributed by atoms with Crippen LogP contribution < -0.4 is 4.74 Å². The monoisotopic (exact) mass is 449 g/mol. The molecule has 3 rings (SSSR count). The minimum Gasteiger partial charge on any atom is -0.490 e. The van der Waals surface area contributed by atoms with E-state index in [1.807, 2.05) is 13.8 Å². The molecule has 3 aromatic rings. The lowest BCUT2D eigenvalue weighted by Gasteiger charge is -2.13. The highest BCUT2D eigenvalue weighted by molar-refractivity contribution is 8.04. The lowest BCUT2D eigenvalue weighted by atomic mass is 10.2. The molecule has 2 N–H and O–H groups in total. The Balaban J connectivity index is 1.89. The molecule has 29 heavy (non-hydrogen) atoms.